The Morgan fingerprint density at radius 2 is 1.69 bits per heavy atom. The van der Waals surface area contributed by atoms with Crippen molar-refractivity contribution in [3.63, 3.8) is 0 Å². The van der Waals surface area contributed by atoms with E-state index in [-0.39, 0.29) is 0 Å². The lowest BCUT2D eigenvalue weighted by Gasteiger charge is -2.07. The van der Waals surface area contributed by atoms with E-state index in [2.05, 4.69) is 70.5 Å². The Morgan fingerprint density at radius 1 is 0.875 bits per heavy atom. The van der Waals surface area contributed by atoms with Crippen LogP contribution in [-0.4, -0.2) is 0 Å². The lowest BCUT2D eigenvalue weighted by molar-refractivity contribution is 1.29. The highest BCUT2D eigenvalue weighted by Gasteiger charge is 2.16. The first-order valence-electron chi connectivity index (χ1n) is 5.39. The van der Waals surface area contributed by atoms with Crippen molar-refractivity contribution in [2.24, 2.45) is 0 Å². The molecule has 0 saturated carbocycles. The zero-order chi connectivity index (χ0) is 11.0. The number of hydrogen-bond acceptors (Lipinski definition) is 0. The molecule has 1 aliphatic carbocycles. The Bertz CT molecular complexity index is 553. The minimum atomic E-state index is 1.03. The van der Waals surface area contributed by atoms with Crippen molar-refractivity contribution in [1.82, 2.24) is 0 Å². The molecule has 2 aromatic carbocycles. The summed E-state index contributed by atoms with van der Waals surface area (Å²) in [7, 11) is 0. The Kier molecular flexibility index (Phi) is 2.41. The van der Waals surface area contributed by atoms with Crippen LogP contribution in [0.15, 0.2) is 59.1 Å². The normalized spacial score (nSPS) is 13.4. The lowest BCUT2D eigenvalue weighted by Crippen LogP contribution is -1.87. The van der Waals surface area contributed by atoms with Crippen LogP contribution in [0.5, 0.6) is 0 Å². The van der Waals surface area contributed by atoms with Gasteiger partial charge in [0.25, 0.3) is 0 Å². The summed E-state index contributed by atoms with van der Waals surface area (Å²) in [6, 6.07) is 17.0. The number of rotatable bonds is 1. The van der Waals surface area contributed by atoms with Crippen molar-refractivity contribution >= 4 is 21.5 Å². The molecule has 1 heteroatoms. The highest BCUT2D eigenvalue weighted by molar-refractivity contribution is 9.10. The summed E-state index contributed by atoms with van der Waals surface area (Å²) in [6.07, 6.45) is 3.34. The van der Waals surface area contributed by atoms with Gasteiger partial charge < -0.3 is 0 Å². The van der Waals surface area contributed by atoms with Gasteiger partial charge in [-0.3, -0.25) is 0 Å². The molecule has 0 aromatic heterocycles. The second-order valence-electron chi connectivity index (χ2n) is 3.95. The fourth-order valence-electron chi connectivity index (χ4n) is 2.22. The van der Waals surface area contributed by atoms with Crippen molar-refractivity contribution in [3.05, 3.63) is 75.8 Å². The van der Waals surface area contributed by atoms with E-state index in [0.717, 1.165) is 6.42 Å². The van der Waals surface area contributed by atoms with Crippen LogP contribution in [0.4, 0.5) is 0 Å². The Morgan fingerprint density at radius 3 is 2.50 bits per heavy atom. The van der Waals surface area contributed by atoms with Crippen LogP contribution in [0.3, 0.4) is 0 Å². The van der Waals surface area contributed by atoms with E-state index in [1.807, 2.05) is 0 Å². The highest BCUT2D eigenvalue weighted by Crippen LogP contribution is 2.36. The third-order valence-corrected chi connectivity index (χ3v) is 3.75. The third kappa shape index (κ3) is 1.52. The van der Waals surface area contributed by atoms with Gasteiger partial charge in [0.2, 0.25) is 0 Å². The number of benzene rings is 2. The predicted octanol–water partition coefficient (Wildman–Crippen LogP) is 4.44. The van der Waals surface area contributed by atoms with Crippen molar-refractivity contribution in [2.45, 2.75) is 6.42 Å². The van der Waals surface area contributed by atoms with Gasteiger partial charge in [0.1, 0.15) is 0 Å². The molecular formula is C15H11Br. The number of fused-ring (bicyclic) bond motifs is 1. The maximum absolute atomic E-state index is 3.61. The lowest BCUT2D eigenvalue weighted by atomic mass is 9.99. The monoisotopic (exact) mass is 270 g/mol. The molecule has 0 aliphatic heterocycles. The maximum Gasteiger partial charge on any atom is 0.0216 e. The van der Waals surface area contributed by atoms with Crippen molar-refractivity contribution in [1.29, 1.82) is 0 Å². The largest absolute Gasteiger partial charge is 0.0716 e. The van der Waals surface area contributed by atoms with E-state index in [1.165, 1.54) is 26.7 Å². The van der Waals surface area contributed by atoms with Gasteiger partial charge >= 0.3 is 0 Å². The SMILES string of the molecule is Brc1cccc2c1CC=C2c1ccccc1. The van der Waals surface area contributed by atoms with Gasteiger partial charge in [0, 0.05) is 4.47 Å². The predicted molar refractivity (Wildman–Crippen MR) is 71.4 cm³/mol. The molecule has 3 rings (SSSR count). The molecule has 0 amide bonds. The van der Waals surface area contributed by atoms with Crippen LogP contribution in [-0.2, 0) is 6.42 Å². The summed E-state index contributed by atoms with van der Waals surface area (Å²) in [5.74, 6) is 0. The quantitative estimate of drug-likeness (QED) is 0.719. The minimum Gasteiger partial charge on any atom is -0.0716 e. The van der Waals surface area contributed by atoms with Crippen molar-refractivity contribution in [3.8, 4) is 0 Å². The van der Waals surface area contributed by atoms with Crippen LogP contribution in [0.1, 0.15) is 16.7 Å². The summed E-state index contributed by atoms with van der Waals surface area (Å²) < 4.78 is 1.21. The Balaban J connectivity index is 2.13. The van der Waals surface area contributed by atoms with E-state index < -0.39 is 0 Å². The summed E-state index contributed by atoms with van der Waals surface area (Å²) in [4.78, 5) is 0. The molecule has 0 spiro atoms. The van der Waals surface area contributed by atoms with Gasteiger partial charge in [-0.2, -0.15) is 0 Å². The van der Waals surface area contributed by atoms with E-state index in [9.17, 15) is 0 Å². The van der Waals surface area contributed by atoms with E-state index in [0.29, 0.717) is 0 Å². The zero-order valence-corrected chi connectivity index (χ0v) is 10.4. The molecule has 0 atom stereocenters. The standard InChI is InChI=1S/C15H11Br/c16-15-8-4-7-13-12(9-10-14(13)15)11-5-2-1-3-6-11/h1-9H,10H2. The fourth-order valence-corrected chi connectivity index (χ4v) is 2.75. The molecule has 0 bridgehead atoms. The molecule has 1 aliphatic rings. The molecule has 0 heterocycles. The van der Waals surface area contributed by atoms with Gasteiger partial charge in [-0.1, -0.05) is 64.5 Å². The molecule has 78 valence electrons. The molecule has 0 fully saturated rings. The van der Waals surface area contributed by atoms with Crippen LogP contribution in [0.25, 0.3) is 5.57 Å². The first-order valence-corrected chi connectivity index (χ1v) is 6.19. The third-order valence-electron chi connectivity index (χ3n) is 3.00. The average Bonchev–Trinajstić information content (AvgIpc) is 2.75. The minimum absolute atomic E-state index is 1.03. The highest BCUT2D eigenvalue weighted by atomic mass is 79.9. The second-order valence-corrected chi connectivity index (χ2v) is 4.81. The molecular weight excluding hydrogens is 260 g/mol. The summed E-state index contributed by atoms with van der Waals surface area (Å²) in [6.45, 7) is 0. The van der Waals surface area contributed by atoms with Gasteiger partial charge in [-0.15, -0.1) is 0 Å². The van der Waals surface area contributed by atoms with Crippen molar-refractivity contribution < 1.29 is 0 Å². The molecule has 0 radical (unpaired) electrons. The van der Waals surface area contributed by atoms with E-state index >= 15 is 0 Å². The first-order chi connectivity index (χ1) is 7.86. The number of halogens is 1. The van der Waals surface area contributed by atoms with Crippen molar-refractivity contribution in [2.75, 3.05) is 0 Å². The zero-order valence-electron chi connectivity index (χ0n) is 8.78. The van der Waals surface area contributed by atoms with Gasteiger partial charge in [-0.25, -0.2) is 0 Å². The topological polar surface area (TPSA) is 0 Å². The average molecular weight is 271 g/mol. The first kappa shape index (κ1) is 9.86. The smallest absolute Gasteiger partial charge is 0.0216 e. The fraction of sp³-hybridized carbons (Fsp3) is 0.0667. The number of allylic oxidation sites excluding steroid dienone is 1. The molecule has 0 unspecified atom stereocenters. The summed E-state index contributed by atoms with van der Waals surface area (Å²) >= 11 is 3.61. The Labute approximate surface area is 104 Å². The molecule has 0 N–H and O–H groups in total. The Hall–Kier alpha value is -1.34. The molecule has 16 heavy (non-hydrogen) atoms. The second kappa shape index (κ2) is 3.91. The van der Waals surface area contributed by atoms with Crippen LogP contribution in [0, 0.1) is 0 Å². The van der Waals surface area contributed by atoms with Gasteiger partial charge in [0.05, 0.1) is 0 Å². The van der Waals surface area contributed by atoms with Crippen LogP contribution < -0.4 is 0 Å². The maximum atomic E-state index is 3.61. The molecule has 0 nitrogen and oxygen atoms in total. The van der Waals surface area contributed by atoms with Crippen LogP contribution in [0.2, 0.25) is 0 Å². The summed E-state index contributed by atoms with van der Waals surface area (Å²) in [5.41, 5.74) is 5.43. The van der Waals surface area contributed by atoms with Crippen LogP contribution >= 0.6 is 15.9 Å². The van der Waals surface area contributed by atoms with E-state index in [4.69, 9.17) is 0 Å². The van der Waals surface area contributed by atoms with Gasteiger partial charge in [0.15, 0.2) is 0 Å². The van der Waals surface area contributed by atoms with E-state index in [1.54, 1.807) is 0 Å². The molecule has 0 saturated heterocycles. The summed E-state index contributed by atoms with van der Waals surface area (Å²) in [5, 5.41) is 0. The number of hydrogen-bond donors (Lipinski definition) is 0. The van der Waals surface area contributed by atoms with Gasteiger partial charge in [-0.05, 0) is 34.8 Å². The molecule has 2 aromatic rings.